The van der Waals surface area contributed by atoms with Crippen molar-refractivity contribution in [2.24, 2.45) is 0 Å². The summed E-state index contributed by atoms with van der Waals surface area (Å²) >= 11 is 5.12. The van der Waals surface area contributed by atoms with E-state index in [1.54, 1.807) is 11.3 Å². The van der Waals surface area contributed by atoms with Crippen LogP contribution in [-0.4, -0.2) is 0 Å². The van der Waals surface area contributed by atoms with Gasteiger partial charge in [-0.1, -0.05) is 22.0 Å². The number of fused-ring (bicyclic) bond motifs is 1. The van der Waals surface area contributed by atoms with Gasteiger partial charge in [-0.2, -0.15) is 0 Å². The van der Waals surface area contributed by atoms with Gasteiger partial charge in [-0.25, -0.2) is 0 Å². The molecule has 2 rings (SSSR count). The van der Waals surface area contributed by atoms with Crippen LogP contribution in [0.4, 0.5) is 0 Å². The molecule has 1 radical (unpaired) electrons. The molecule has 0 saturated heterocycles. The molecule has 1 heterocycles. The number of halogens is 1. The van der Waals surface area contributed by atoms with Crippen molar-refractivity contribution in [2.45, 2.75) is 0 Å². The highest BCUT2D eigenvalue weighted by molar-refractivity contribution is 9.10. The first-order chi connectivity index (χ1) is 5.27. The van der Waals surface area contributed by atoms with E-state index in [1.165, 1.54) is 10.8 Å². The first-order valence-corrected chi connectivity index (χ1v) is 4.93. The van der Waals surface area contributed by atoms with Crippen LogP contribution in [0, 0.1) is 6.92 Å². The molecule has 0 N–H and O–H groups in total. The van der Waals surface area contributed by atoms with E-state index >= 15 is 0 Å². The lowest BCUT2D eigenvalue weighted by molar-refractivity contribution is 1.75. The number of hydrogen-bond acceptors (Lipinski definition) is 1. The van der Waals surface area contributed by atoms with Gasteiger partial charge < -0.3 is 0 Å². The molecule has 0 aliphatic heterocycles. The smallest absolute Gasteiger partial charge is 0.0182 e. The zero-order valence-electron chi connectivity index (χ0n) is 5.80. The second-order valence-corrected chi connectivity index (χ2v) is 4.27. The Morgan fingerprint density at radius 3 is 3.00 bits per heavy atom. The van der Waals surface area contributed by atoms with Crippen molar-refractivity contribution in [3.05, 3.63) is 39.9 Å². The van der Waals surface area contributed by atoms with E-state index < -0.39 is 0 Å². The third-order valence-corrected chi connectivity index (χ3v) is 3.01. The van der Waals surface area contributed by atoms with Crippen molar-refractivity contribution in [1.29, 1.82) is 0 Å². The fourth-order valence-corrected chi connectivity index (χ4v) is 2.21. The topological polar surface area (TPSA) is 0 Å². The monoisotopic (exact) mass is 225 g/mol. The van der Waals surface area contributed by atoms with Crippen LogP contribution in [0.15, 0.2) is 28.1 Å². The van der Waals surface area contributed by atoms with Gasteiger partial charge in [0.15, 0.2) is 0 Å². The summed E-state index contributed by atoms with van der Waals surface area (Å²) in [5, 5.41) is 4.66. The molecule has 2 aromatic rings. The minimum atomic E-state index is 1.12. The minimum absolute atomic E-state index is 1.12. The van der Waals surface area contributed by atoms with Crippen molar-refractivity contribution in [3.8, 4) is 0 Å². The van der Waals surface area contributed by atoms with Crippen LogP contribution in [0.2, 0.25) is 0 Å². The normalized spacial score (nSPS) is 10.7. The number of thiophene rings is 1. The molecular formula is C9H6BrS. The van der Waals surface area contributed by atoms with Gasteiger partial charge in [-0.3, -0.25) is 0 Å². The average molecular weight is 226 g/mol. The lowest BCUT2D eigenvalue weighted by atomic mass is 10.2. The van der Waals surface area contributed by atoms with Gasteiger partial charge in [0.2, 0.25) is 0 Å². The van der Waals surface area contributed by atoms with Crippen LogP contribution in [0.25, 0.3) is 10.8 Å². The molecule has 0 atom stereocenters. The average Bonchev–Trinajstić information content (AvgIpc) is 2.33. The Morgan fingerprint density at radius 1 is 1.36 bits per heavy atom. The van der Waals surface area contributed by atoms with Gasteiger partial charge in [-0.05, 0) is 35.2 Å². The quantitative estimate of drug-likeness (QED) is 0.640. The summed E-state index contributed by atoms with van der Waals surface area (Å²) in [6.07, 6.45) is 0. The minimum Gasteiger partial charge on any atom is -0.148 e. The van der Waals surface area contributed by atoms with Gasteiger partial charge in [0, 0.05) is 9.35 Å². The van der Waals surface area contributed by atoms with Gasteiger partial charge in [0.25, 0.3) is 0 Å². The second-order valence-electron chi connectivity index (χ2n) is 2.39. The highest BCUT2D eigenvalue weighted by Gasteiger charge is 1.98. The maximum absolute atomic E-state index is 3.95. The van der Waals surface area contributed by atoms with Crippen molar-refractivity contribution in [3.63, 3.8) is 0 Å². The zero-order valence-corrected chi connectivity index (χ0v) is 8.21. The Hall–Kier alpha value is -0.340. The molecular weight excluding hydrogens is 220 g/mol. The molecule has 0 amide bonds. The molecule has 11 heavy (non-hydrogen) atoms. The summed E-state index contributed by atoms with van der Waals surface area (Å²) < 4.78 is 1.12. The van der Waals surface area contributed by atoms with E-state index in [9.17, 15) is 0 Å². The van der Waals surface area contributed by atoms with Crippen LogP contribution < -0.4 is 0 Å². The Kier molecular flexibility index (Phi) is 1.74. The van der Waals surface area contributed by atoms with E-state index in [1.807, 2.05) is 0 Å². The van der Waals surface area contributed by atoms with E-state index in [4.69, 9.17) is 0 Å². The van der Waals surface area contributed by atoms with Crippen LogP contribution in [0.5, 0.6) is 0 Å². The summed E-state index contributed by atoms with van der Waals surface area (Å²) in [5.41, 5.74) is 0. The lowest BCUT2D eigenvalue weighted by Crippen LogP contribution is -1.67. The maximum atomic E-state index is 3.95. The molecule has 0 bridgehead atoms. The van der Waals surface area contributed by atoms with Crippen molar-refractivity contribution in [1.82, 2.24) is 0 Å². The SMILES string of the molecule is [CH2]c1scc2ccc(Br)cc12. The summed E-state index contributed by atoms with van der Waals surface area (Å²) in [5.74, 6) is 0. The first kappa shape index (κ1) is 7.32. The van der Waals surface area contributed by atoms with E-state index in [0.29, 0.717) is 0 Å². The summed E-state index contributed by atoms with van der Waals surface area (Å²) in [6, 6.07) is 6.26. The highest BCUT2D eigenvalue weighted by Crippen LogP contribution is 2.27. The molecule has 0 fully saturated rings. The second kappa shape index (κ2) is 2.61. The molecule has 0 aliphatic carbocycles. The van der Waals surface area contributed by atoms with Crippen molar-refractivity contribution in [2.75, 3.05) is 0 Å². The van der Waals surface area contributed by atoms with Crippen molar-refractivity contribution >= 4 is 38.0 Å². The van der Waals surface area contributed by atoms with Crippen molar-refractivity contribution < 1.29 is 0 Å². The molecule has 55 valence electrons. The molecule has 0 spiro atoms. The standard InChI is InChI=1S/C9H6BrS/c1-6-9-4-8(10)3-2-7(9)5-11-6/h2-5H,1H2. The third kappa shape index (κ3) is 1.21. The highest BCUT2D eigenvalue weighted by atomic mass is 79.9. The summed E-state index contributed by atoms with van der Waals surface area (Å²) in [6.45, 7) is 3.95. The molecule has 2 heteroatoms. The Labute approximate surface area is 78.0 Å². The van der Waals surface area contributed by atoms with Crippen LogP contribution in [-0.2, 0) is 0 Å². The molecule has 0 nitrogen and oxygen atoms in total. The summed E-state index contributed by atoms with van der Waals surface area (Å²) in [4.78, 5) is 1.14. The first-order valence-electron chi connectivity index (χ1n) is 3.26. The largest absolute Gasteiger partial charge is 0.148 e. The van der Waals surface area contributed by atoms with Gasteiger partial charge in [0.1, 0.15) is 0 Å². The fraction of sp³-hybridized carbons (Fsp3) is 0. The fourth-order valence-electron chi connectivity index (χ4n) is 1.07. The van der Waals surface area contributed by atoms with E-state index in [0.717, 1.165) is 9.35 Å². The Balaban J connectivity index is 2.87. The molecule has 1 aromatic carbocycles. The van der Waals surface area contributed by atoms with Crippen LogP contribution in [0.1, 0.15) is 4.88 Å². The molecule has 0 saturated carbocycles. The van der Waals surface area contributed by atoms with Gasteiger partial charge in [0.05, 0.1) is 0 Å². The number of rotatable bonds is 0. The molecule has 1 aromatic heterocycles. The van der Waals surface area contributed by atoms with Crippen LogP contribution >= 0.6 is 27.3 Å². The predicted molar refractivity (Wildman–Crippen MR) is 54.0 cm³/mol. The van der Waals surface area contributed by atoms with E-state index in [2.05, 4.69) is 46.4 Å². The van der Waals surface area contributed by atoms with Crippen LogP contribution in [0.3, 0.4) is 0 Å². The lowest BCUT2D eigenvalue weighted by Gasteiger charge is -1.91. The van der Waals surface area contributed by atoms with E-state index in [-0.39, 0.29) is 0 Å². The third-order valence-electron chi connectivity index (χ3n) is 1.64. The van der Waals surface area contributed by atoms with Gasteiger partial charge >= 0.3 is 0 Å². The Bertz CT molecular complexity index is 389. The van der Waals surface area contributed by atoms with Gasteiger partial charge in [-0.15, -0.1) is 11.3 Å². The number of benzene rings is 1. The predicted octanol–water partition coefficient (Wildman–Crippen LogP) is 3.85. The molecule has 0 aliphatic rings. The maximum Gasteiger partial charge on any atom is 0.0182 e. The Morgan fingerprint density at radius 2 is 2.18 bits per heavy atom. The zero-order chi connectivity index (χ0) is 7.84. The summed E-state index contributed by atoms with van der Waals surface area (Å²) in [7, 11) is 0. The molecule has 0 unspecified atom stereocenters. The number of hydrogen-bond donors (Lipinski definition) is 0.